The largest absolute Gasteiger partial charge is 0.298 e. The minimum absolute atomic E-state index is 0.201. The Labute approximate surface area is 178 Å². The number of aryl methyl sites for hydroxylation is 2. The summed E-state index contributed by atoms with van der Waals surface area (Å²) in [7, 11) is -3.70. The van der Waals surface area contributed by atoms with Gasteiger partial charge in [-0.1, -0.05) is 41.2 Å². The second-order valence-corrected chi connectivity index (χ2v) is 9.66. The van der Waals surface area contributed by atoms with Crippen molar-refractivity contribution in [2.45, 2.75) is 18.7 Å². The number of nitrogens with zero attached hydrogens (tertiary/aromatic N) is 1. The molecule has 0 bridgehead atoms. The molecule has 0 atom stereocenters. The van der Waals surface area contributed by atoms with Gasteiger partial charge in [0, 0.05) is 5.56 Å². The molecule has 2 N–H and O–H groups in total. The summed E-state index contributed by atoms with van der Waals surface area (Å²) < 4.78 is 28.7. The van der Waals surface area contributed by atoms with E-state index in [0.29, 0.717) is 21.9 Å². The molecule has 0 unspecified atom stereocenters. The third-order valence-corrected chi connectivity index (χ3v) is 6.80. The predicted octanol–water partition coefficient (Wildman–Crippen LogP) is 4.97. The van der Waals surface area contributed by atoms with Gasteiger partial charge >= 0.3 is 0 Å². The van der Waals surface area contributed by atoms with Crippen LogP contribution in [0.3, 0.4) is 0 Å². The van der Waals surface area contributed by atoms with Crippen molar-refractivity contribution >= 4 is 48.3 Å². The van der Waals surface area contributed by atoms with E-state index in [4.69, 9.17) is 0 Å². The van der Waals surface area contributed by atoms with Crippen molar-refractivity contribution in [3.05, 3.63) is 83.4 Å². The van der Waals surface area contributed by atoms with Crippen LogP contribution in [0.4, 0.5) is 10.8 Å². The van der Waals surface area contributed by atoms with E-state index in [1.165, 1.54) is 11.3 Å². The minimum Gasteiger partial charge on any atom is -0.298 e. The summed E-state index contributed by atoms with van der Waals surface area (Å²) >= 11 is 1.33. The third-order valence-electron chi connectivity index (χ3n) is 4.47. The van der Waals surface area contributed by atoms with Crippen LogP contribution in [-0.4, -0.2) is 19.3 Å². The third kappa shape index (κ3) is 4.34. The van der Waals surface area contributed by atoms with Crippen molar-refractivity contribution in [2.24, 2.45) is 0 Å². The van der Waals surface area contributed by atoms with E-state index in [-0.39, 0.29) is 10.8 Å². The lowest BCUT2D eigenvalue weighted by Crippen LogP contribution is -2.13. The number of carbonyl (C=O) groups is 1. The van der Waals surface area contributed by atoms with Gasteiger partial charge in [0.1, 0.15) is 0 Å². The molecular formula is C22H19N3O3S2. The maximum Gasteiger partial charge on any atom is 0.261 e. The lowest BCUT2D eigenvalue weighted by Gasteiger charge is -2.08. The number of carbonyl (C=O) groups excluding carboxylic acids is 1. The van der Waals surface area contributed by atoms with Crippen LogP contribution < -0.4 is 10.0 Å². The van der Waals surface area contributed by atoms with Crippen LogP contribution in [0.15, 0.2) is 71.6 Å². The number of hydrogen-bond donors (Lipinski definition) is 2. The minimum atomic E-state index is -3.70. The summed E-state index contributed by atoms with van der Waals surface area (Å²) in [6, 6.07) is 19.1. The van der Waals surface area contributed by atoms with Gasteiger partial charge in [-0.15, -0.1) is 0 Å². The summed E-state index contributed by atoms with van der Waals surface area (Å²) in [6.45, 7) is 3.80. The Morgan fingerprint density at radius 1 is 0.933 bits per heavy atom. The van der Waals surface area contributed by atoms with Crippen molar-refractivity contribution in [1.82, 2.24) is 4.98 Å². The molecule has 1 aromatic heterocycles. The molecule has 0 spiro atoms. The van der Waals surface area contributed by atoms with Crippen LogP contribution in [0.2, 0.25) is 0 Å². The Balaban J connectivity index is 1.55. The number of benzene rings is 3. The van der Waals surface area contributed by atoms with Gasteiger partial charge in [-0.3, -0.25) is 14.8 Å². The summed E-state index contributed by atoms with van der Waals surface area (Å²) in [6.07, 6.45) is 0. The van der Waals surface area contributed by atoms with Gasteiger partial charge in [0.2, 0.25) is 0 Å². The van der Waals surface area contributed by atoms with Gasteiger partial charge in [0.15, 0.2) is 5.13 Å². The van der Waals surface area contributed by atoms with E-state index in [0.717, 1.165) is 15.8 Å². The quantitative estimate of drug-likeness (QED) is 0.462. The first-order chi connectivity index (χ1) is 14.3. The number of anilines is 2. The van der Waals surface area contributed by atoms with Gasteiger partial charge in [-0.2, -0.15) is 0 Å². The molecule has 0 radical (unpaired) electrons. The van der Waals surface area contributed by atoms with E-state index in [2.05, 4.69) is 15.0 Å². The number of sulfonamides is 1. The number of thiazole rings is 1. The Bertz CT molecular complexity index is 1340. The topological polar surface area (TPSA) is 88.2 Å². The Morgan fingerprint density at radius 2 is 1.70 bits per heavy atom. The summed E-state index contributed by atoms with van der Waals surface area (Å²) in [5, 5.41) is 3.25. The second-order valence-electron chi connectivity index (χ2n) is 6.94. The fourth-order valence-electron chi connectivity index (χ4n) is 2.92. The first-order valence-electron chi connectivity index (χ1n) is 9.18. The lowest BCUT2D eigenvalue weighted by atomic mass is 10.1. The van der Waals surface area contributed by atoms with Crippen molar-refractivity contribution in [3.8, 4) is 0 Å². The van der Waals surface area contributed by atoms with E-state index >= 15 is 0 Å². The summed E-state index contributed by atoms with van der Waals surface area (Å²) in [5.74, 6) is -0.241. The summed E-state index contributed by atoms with van der Waals surface area (Å²) in [4.78, 5) is 17.0. The van der Waals surface area contributed by atoms with Gasteiger partial charge < -0.3 is 0 Å². The second kappa shape index (κ2) is 7.89. The predicted molar refractivity (Wildman–Crippen MR) is 121 cm³/mol. The highest BCUT2D eigenvalue weighted by Gasteiger charge is 2.15. The molecule has 1 heterocycles. The molecule has 8 heteroatoms. The fraction of sp³-hybridized carbons (Fsp3) is 0.0909. The van der Waals surface area contributed by atoms with E-state index in [1.54, 1.807) is 48.5 Å². The zero-order valence-electron chi connectivity index (χ0n) is 16.3. The first-order valence-corrected chi connectivity index (χ1v) is 11.5. The van der Waals surface area contributed by atoms with Crippen LogP contribution in [-0.2, 0) is 10.0 Å². The molecule has 0 fully saturated rings. The monoisotopic (exact) mass is 437 g/mol. The highest BCUT2D eigenvalue weighted by molar-refractivity contribution is 7.92. The number of fused-ring (bicyclic) bond motifs is 1. The molecule has 0 aliphatic carbocycles. The van der Waals surface area contributed by atoms with Gasteiger partial charge in [-0.25, -0.2) is 13.4 Å². The summed E-state index contributed by atoms with van der Waals surface area (Å²) in [5.41, 5.74) is 3.50. The number of amides is 1. The highest BCUT2D eigenvalue weighted by Crippen LogP contribution is 2.29. The van der Waals surface area contributed by atoms with Crippen LogP contribution in [0.25, 0.3) is 10.2 Å². The standard InChI is InChI=1S/C22H19N3O3S2/c1-14-6-8-16(9-7-14)21(26)24-22-23-19-13-17(10-11-20(19)29-22)25-30(27,28)18-5-3-4-15(2)12-18/h3-13,25H,1-2H3,(H,23,24,26). The SMILES string of the molecule is Cc1ccc(C(=O)Nc2nc3cc(NS(=O)(=O)c4cccc(C)c4)ccc3s2)cc1. The first kappa shape index (κ1) is 20.1. The molecule has 30 heavy (non-hydrogen) atoms. The van der Waals surface area contributed by atoms with E-state index in [1.807, 2.05) is 32.0 Å². The number of aromatic nitrogens is 1. The lowest BCUT2D eigenvalue weighted by molar-refractivity contribution is 0.102. The zero-order chi connectivity index (χ0) is 21.3. The zero-order valence-corrected chi connectivity index (χ0v) is 18.0. The Hall–Kier alpha value is -3.23. The number of nitrogens with one attached hydrogen (secondary N) is 2. The van der Waals surface area contributed by atoms with Crippen molar-refractivity contribution in [2.75, 3.05) is 10.0 Å². The molecule has 0 saturated heterocycles. The van der Waals surface area contributed by atoms with Crippen molar-refractivity contribution in [3.63, 3.8) is 0 Å². The van der Waals surface area contributed by atoms with Crippen LogP contribution in [0.1, 0.15) is 21.5 Å². The van der Waals surface area contributed by atoms with Crippen LogP contribution >= 0.6 is 11.3 Å². The Kier molecular flexibility index (Phi) is 5.27. The van der Waals surface area contributed by atoms with Crippen molar-refractivity contribution in [1.29, 1.82) is 0 Å². The normalized spacial score (nSPS) is 11.4. The smallest absolute Gasteiger partial charge is 0.261 e. The molecule has 0 aliphatic heterocycles. The highest BCUT2D eigenvalue weighted by atomic mass is 32.2. The molecule has 3 aromatic carbocycles. The molecule has 1 amide bonds. The van der Waals surface area contributed by atoms with Gasteiger partial charge in [0.05, 0.1) is 20.8 Å². The number of hydrogen-bond acceptors (Lipinski definition) is 5. The molecular weight excluding hydrogens is 418 g/mol. The van der Waals surface area contributed by atoms with Gasteiger partial charge in [-0.05, 0) is 61.9 Å². The molecule has 6 nitrogen and oxygen atoms in total. The molecule has 4 aromatic rings. The van der Waals surface area contributed by atoms with E-state index < -0.39 is 10.0 Å². The van der Waals surface area contributed by atoms with Gasteiger partial charge in [0.25, 0.3) is 15.9 Å². The van der Waals surface area contributed by atoms with Crippen LogP contribution in [0, 0.1) is 13.8 Å². The fourth-order valence-corrected chi connectivity index (χ4v) is 4.91. The molecule has 0 aliphatic rings. The van der Waals surface area contributed by atoms with Crippen LogP contribution in [0.5, 0.6) is 0 Å². The van der Waals surface area contributed by atoms with E-state index in [9.17, 15) is 13.2 Å². The Morgan fingerprint density at radius 3 is 2.43 bits per heavy atom. The van der Waals surface area contributed by atoms with Crippen molar-refractivity contribution < 1.29 is 13.2 Å². The molecule has 152 valence electrons. The molecule has 0 saturated carbocycles. The number of rotatable bonds is 5. The average molecular weight is 438 g/mol. The maximum absolute atomic E-state index is 12.6. The maximum atomic E-state index is 12.6. The molecule has 4 rings (SSSR count). The average Bonchev–Trinajstić information content (AvgIpc) is 3.09.